The number of ketones is 1. The fraction of sp³-hybridized carbons (Fsp3) is 0.333. The van der Waals surface area contributed by atoms with Gasteiger partial charge in [0.15, 0.2) is 11.0 Å². The summed E-state index contributed by atoms with van der Waals surface area (Å²) in [6.45, 7) is 2.97. The molecule has 0 aliphatic heterocycles. The second kappa shape index (κ2) is 5.65. The van der Waals surface area contributed by atoms with Crippen LogP contribution in [0, 0.1) is 11.3 Å². The zero-order chi connectivity index (χ0) is 13.8. The van der Waals surface area contributed by atoms with Gasteiger partial charge in [-0.15, -0.1) is 0 Å². The largest absolute Gasteiger partial charge is 0.294 e. The third-order valence-electron chi connectivity index (χ3n) is 2.45. The third kappa shape index (κ3) is 3.08. The summed E-state index contributed by atoms with van der Waals surface area (Å²) in [6, 6.07) is 8.03. The van der Waals surface area contributed by atoms with Gasteiger partial charge < -0.3 is 0 Å². The van der Waals surface area contributed by atoms with E-state index in [4.69, 9.17) is 5.26 Å². The highest BCUT2D eigenvalue weighted by Gasteiger charge is 2.24. The van der Waals surface area contributed by atoms with Gasteiger partial charge in [0.05, 0.1) is 11.8 Å². The second-order valence-corrected chi connectivity index (χ2v) is 5.64. The highest BCUT2D eigenvalue weighted by atomic mass is 32.2. The lowest BCUT2D eigenvalue weighted by Crippen LogP contribution is -2.26. The van der Waals surface area contributed by atoms with Crippen LogP contribution in [-0.4, -0.2) is 19.5 Å². The Morgan fingerprint density at radius 3 is 2.56 bits per heavy atom. The van der Waals surface area contributed by atoms with E-state index in [0.717, 1.165) is 0 Å². The Morgan fingerprint density at radius 1 is 1.44 bits per heavy atom. The molecule has 0 fully saturated rings. The fourth-order valence-corrected chi connectivity index (χ4v) is 2.69. The SMILES string of the molecule is CCC(C#N)S(=O)(=O)Nc1ccccc1C(C)=O. The average Bonchev–Trinajstić information content (AvgIpc) is 2.29. The zero-order valence-corrected chi connectivity index (χ0v) is 11.0. The number of nitrogens with one attached hydrogen (secondary N) is 1. The topological polar surface area (TPSA) is 87.0 Å². The van der Waals surface area contributed by atoms with Crippen LogP contribution in [0.4, 0.5) is 5.69 Å². The van der Waals surface area contributed by atoms with Gasteiger partial charge in [-0.25, -0.2) is 8.42 Å². The van der Waals surface area contributed by atoms with E-state index in [2.05, 4.69) is 4.72 Å². The molecule has 6 heteroatoms. The number of nitriles is 1. The molecule has 0 aliphatic rings. The Bertz CT molecular complexity index is 588. The van der Waals surface area contributed by atoms with Gasteiger partial charge in [0.1, 0.15) is 0 Å². The second-order valence-electron chi connectivity index (χ2n) is 3.77. The van der Waals surface area contributed by atoms with Crippen LogP contribution in [0.15, 0.2) is 24.3 Å². The molecule has 0 saturated heterocycles. The van der Waals surface area contributed by atoms with E-state index in [-0.39, 0.29) is 23.5 Å². The summed E-state index contributed by atoms with van der Waals surface area (Å²) in [4.78, 5) is 11.4. The van der Waals surface area contributed by atoms with E-state index >= 15 is 0 Å². The normalized spacial score (nSPS) is 12.5. The van der Waals surface area contributed by atoms with Crippen molar-refractivity contribution in [3.63, 3.8) is 0 Å². The molecule has 0 heterocycles. The highest BCUT2D eigenvalue weighted by Crippen LogP contribution is 2.19. The summed E-state index contributed by atoms with van der Waals surface area (Å²) >= 11 is 0. The van der Waals surface area contributed by atoms with Crippen molar-refractivity contribution in [2.24, 2.45) is 0 Å². The zero-order valence-electron chi connectivity index (χ0n) is 10.2. The molecule has 18 heavy (non-hydrogen) atoms. The molecule has 1 aromatic carbocycles. The first kappa shape index (κ1) is 14.2. The van der Waals surface area contributed by atoms with E-state index in [1.54, 1.807) is 25.1 Å². The number of carbonyl (C=O) groups is 1. The molecule has 0 saturated carbocycles. The van der Waals surface area contributed by atoms with Gasteiger partial charge in [0, 0.05) is 5.56 Å². The maximum absolute atomic E-state index is 11.9. The van der Waals surface area contributed by atoms with Crippen LogP contribution in [0.1, 0.15) is 30.6 Å². The minimum Gasteiger partial charge on any atom is -0.294 e. The number of hydrogen-bond donors (Lipinski definition) is 1. The lowest BCUT2D eigenvalue weighted by atomic mass is 10.1. The molecular weight excluding hydrogens is 252 g/mol. The van der Waals surface area contributed by atoms with Crippen molar-refractivity contribution in [1.29, 1.82) is 5.26 Å². The average molecular weight is 266 g/mol. The minimum atomic E-state index is -3.79. The van der Waals surface area contributed by atoms with Crippen LogP contribution in [0.2, 0.25) is 0 Å². The summed E-state index contributed by atoms with van der Waals surface area (Å²) in [5.74, 6) is -0.238. The lowest BCUT2D eigenvalue weighted by Gasteiger charge is -2.13. The number of hydrogen-bond acceptors (Lipinski definition) is 4. The van der Waals surface area contributed by atoms with Crippen molar-refractivity contribution >= 4 is 21.5 Å². The van der Waals surface area contributed by atoms with E-state index in [1.807, 2.05) is 0 Å². The summed E-state index contributed by atoms with van der Waals surface area (Å²) in [5.41, 5.74) is 0.493. The first-order valence-electron chi connectivity index (χ1n) is 5.43. The Labute approximate surface area is 106 Å². The fourth-order valence-electron chi connectivity index (χ4n) is 1.48. The molecule has 96 valence electrons. The monoisotopic (exact) mass is 266 g/mol. The van der Waals surface area contributed by atoms with Crippen LogP contribution in [0.25, 0.3) is 0 Å². The first-order chi connectivity index (χ1) is 8.42. The molecule has 0 amide bonds. The van der Waals surface area contributed by atoms with Gasteiger partial charge in [-0.3, -0.25) is 9.52 Å². The molecule has 1 rings (SSSR count). The van der Waals surface area contributed by atoms with Crippen LogP contribution in [0.3, 0.4) is 0 Å². The Morgan fingerprint density at radius 2 is 2.06 bits per heavy atom. The number of carbonyl (C=O) groups excluding carboxylic acids is 1. The van der Waals surface area contributed by atoms with E-state index in [9.17, 15) is 13.2 Å². The summed E-state index contributed by atoms with van der Waals surface area (Å²) in [5, 5.41) is 7.65. The molecule has 0 bridgehead atoms. The summed E-state index contributed by atoms with van der Waals surface area (Å²) < 4.78 is 26.1. The molecule has 0 radical (unpaired) electrons. The van der Waals surface area contributed by atoms with Crippen molar-refractivity contribution in [2.75, 3.05) is 4.72 Å². The van der Waals surface area contributed by atoms with E-state index < -0.39 is 15.3 Å². The number of para-hydroxylation sites is 1. The molecule has 1 N–H and O–H groups in total. The molecule has 0 spiro atoms. The van der Waals surface area contributed by atoms with Gasteiger partial charge >= 0.3 is 0 Å². The van der Waals surface area contributed by atoms with Crippen molar-refractivity contribution in [3.8, 4) is 6.07 Å². The highest BCUT2D eigenvalue weighted by molar-refractivity contribution is 7.93. The summed E-state index contributed by atoms with van der Waals surface area (Å²) in [6.07, 6.45) is 0.189. The van der Waals surface area contributed by atoms with Crippen LogP contribution < -0.4 is 4.72 Å². The predicted molar refractivity (Wildman–Crippen MR) is 68.7 cm³/mol. The molecular formula is C12H14N2O3S. The molecule has 5 nitrogen and oxygen atoms in total. The minimum absolute atomic E-state index is 0.189. The predicted octanol–water partition coefficient (Wildman–Crippen LogP) is 1.93. The smallest absolute Gasteiger partial charge is 0.249 e. The van der Waals surface area contributed by atoms with Crippen molar-refractivity contribution in [1.82, 2.24) is 0 Å². The number of Topliss-reactive ketones (excluding diaryl/α,β-unsaturated/α-hetero) is 1. The van der Waals surface area contributed by atoms with Gasteiger partial charge in [0.25, 0.3) is 0 Å². The Balaban J connectivity index is 3.13. The standard InChI is InChI=1S/C12H14N2O3S/c1-3-10(8-13)18(16,17)14-12-7-5-4-6-11(12)9(2)15/h4-7,10,14H,3H2,1-2H3. The Kier molecular flexibility index (Phi) is 4.45. The molecule has 0 aromatic heterocycles. The quantitative estimate of drug-likeness (QED) is 0.825. The maximum atomic E-state index is 11.9. The molecule has 1 atom stereocenters. The summed E-state index contributed by atoms with van der Waals surface area (Å²) in [7, 11) is -3.79. The third-order valence-corrected chi connectivity index (χ3v) is 4.14. The van der Waals surface area contributed by atoms with Gasteiger partial charge in [-0.2, -0.15) is 5.26 Å². The maximum Gasteiger partial charge on any atom is 0.249 e. The van der Waals surface area contributed by atoms with Crippen molar-refractivity contribution in [2.45, 2.75) is 25.5 Å². The molecule has 0 aliphatic carbocycles. The lowest BCUT2D eigenvalue weighted by molar-refractivity contribution is 0.101. The number of rotatable bonds is 5. The number of benzene rings is 1. The van der Waals surface area contributed by atoms with Crippen molar-refractivity contribution in [3.05, 3.63) is 29.8 Å². The van der Waals surface area contributed by atoms with Crippen LogP contribution in [-0.2, 0) is 10.0 Å². The molecule has 1 unspecified atom stereocenters. The van der Waals surface area contributed by atoms with Gasteiger partial charge in [-0.05, 0) is 25.5 Å². The van der Waals surface area contributed by atoms with Crippen LogP contribution in [0.5, 0.6) is 0 Å². The Hall–Kier alpha value is -1.87. The van der Waals surface area contributed by atoms with E-state index in [0.29, 0.717) is 0 Å². The van der Waals surface area contributed by atoms with Crippen LogP contribution >= 0.6 is 0 Å². The first-order valence-corrected chi connectivity index (χ1v) is 6.98. The number of anilines is 1. The number of nitrogens with zero attached hydrogens (tertiary/aromatic N) is 1. The van der Waals surface area contributed by atoms with Gasteiger partial charge in [-0.1, -0.05) is 19.1 Å². The number of sulfonamides is 1. The van der Waals surface area contributed by atoms with Crippen molar-refractivity contribution < 1.29 is 13.2 Å². The van der Waals surface area contributed by atoms with E-state index in [1.165, 1.54) is 19.1 Å². The molecule has 1 aromatic rings. The van der Waals surface area contributed by atoms with Gasteiger partial charge in [0.2, 0.25) is 10.0 Å².